The molecule has 5 nitrogen and oxygen atoms in total. The van der Waals surface area contributed by atoms with Crippen LogP contribution in [-0.2, 0) is 20.0 Å². The second-order valence-corrected chi connectivity index (χ2v) is 8.52. The normalized spacial score (nSPS) is 13.1. The van der Waals surface area contributed by atoms with Crippen LogP contribution in [0.5, 0.6) is 0 Å². The Morgan fingerprint density at radius 2 is 1.97 bits per heavy atom. The third kappa shape index (κ3) is 3.29. The van der Waals surface area contributed by atoms with Gasteiger partial charge >= 0.3 is 0 Å². The maximum absolute atomic E-state index is 12.7. The lowest BCUT2D eigenvalue weighted by atomic mass is 10.1. The maximum Gasteiger partial charge on any atom is 0.265 e. The first-order chi connectivity index (χ1) is 14.1. The highest BCUT2D eigenvalue weighted by molar-refractivity contribution is 7.20. The van der Waals surface area contributed by atoms with Crippen molar-refractivity contribution in [3.05, 3.63) is 76.3 Å². The number of benzene rings is 2. The van der Waals surface area contributed by atoms with Crippen molar-refractivity contribution in [3.63, 3.8) is 0 Å². The van der Waals surface area contributed by atoms with E-state index in [-0.39, 0.29) is 5.91 Å². The molecule has 2 aromatic carbocycles. The summed E-state index contributed by atoms with van der Waals surface area (Å²) in [6.07, 6.45) is 1.11. The van der Waals surface area contributed by atoms with E-state index in [2.05, 4.69) is 51.7 Å². The number of para-hydroxylation sites is 1. The second kappa shape index (κ2) is 7.04. The van der Waals surface area contributed by atoms with E-state index in [1.165, 1.54) is 28.2 Å². The molecule has 0 spiro atoms. The lowest BCUT2D eigenvalue weighted by Crippen LogP contribution is -2.19. The van der Waals surface area contributed by atoms with Crippen LogP contribution in [0.15, 0.2) is 54.6 Å². The summed E-state index contributed by atoms with van der Waals surface area (Å²) in [5, 5.41) is 8.45. The molecule has 5 rings (SSSR count). The molecule has 0 saturated heterocycles. The predicted octanol–water partition coefficient (Wildman–Crippen LogP) is 4.76. The third-order valence-corrected chi connectivity index (χ3v) is 6.69. The Morgan fingerprint density at radius 1 is 1.17 bits per heavy atom. The average molecular weight is 403 g/mol. The van der Waals surface area contributed by atoms with Crippen LogP contribution in [0.4, 0.5) is 11.4 Å². The van der Waals surface area contributed by atoms with Crippen LogP contribution < -0.4 is 10.2 Å². The van der Waals surface area contributed by atoms with Gasteiger partial charge in [0.25, 0.3) is 5.91 Å². The minimum atomic E-state index is -0.0770. The molecule has 0 bridgehead atoms. The molecule has 3 heterocycles. The molecule has 4 aromatic rings. The Bertz CT molecular complexity index is 1170. The number of thiophene rings is 1. The fourth-order valence-electron chi connectivity index (χ4n) is 3.99. The van der Waals surface area contributed by atoms with E-state index in [0.29, 0.717) is 4.88 Å². The topological polar surface area (TPSA) is 50.2 Å². The zero-order valence-corrected chi connectivity index (χ0v) is 17.3. The second-order valence-electron chi connectivity index (χ2n) is 7.49. The van der Waals surface area contributed by atoms with E-state index in [9.17, 15) is 4.79 Å². The molecule has 1 N–H and O–H groups in total. The summed E-state index contributed by atoms with van der Waals surface area (Å²) in [5.41, 5.74) is 5.76. The van der Waals surface area contributed by atoms with Gasteiger partial charge in [0, 0.05) is 36.9 Å². The summed E-state index contributed by atoms with van der Waals surface area (Å²) < 4.78 is 1.83. The number of amides is 1. The number of aryl methyl sites for hydroxylation is 2. The van der Waals surface area contributed by atoms with Crippen molar-refractivity contribution in [1.29, 1.82) is 0 Å². The summed E-state index contributed by atoms with van der Waals surface area (Å²) in [6.45, 7) is 3.90. The zero-order chi connectivity index (χ0) is 20.0. The van der Waals surface area contributed by atoms with Gasteiger partial charge in [-0.15, -0.1) is 11.3 Å². The number of hydrogen-bond donors (Lipinski definition) is 1. The molecule has 6 heteroatoms. The van der Waals surface area contributed by atoms with E-state index in [4.69, 9.17) is 0 Å². The molecule has 1 aliphatic heterocycles. The average Bonchev–Trinajstić information content (AvgIpc) is 3.40. The van der Waals surface area contributed by atoms with Crippen molar-refractivity contribution < 1.29 is 4.79 Å². The Balaban J connectivity index is 1.28. The number of carbonyl (C=O) groups excluding carboxylic acids is 1. The van der Waals surface area contributed by atoms with Crippen molar-refractivity contribution in [2.24, 2.45) is 7.05 Å². The van der Waals surface area contributed by atoms with Gasteiger partial charge in [0.1, 0.15) is 4.83 Å². The first kappa shape index (κ1) is 17.9. The number of carbonyl (C=O) groups is 1. The summed E-state index contributed by atoms with van der Waals surface area (Å²) in [7, 11) is 1.91. The summed E-state index contributed by atoms with van der Waals surface area (Å²) >= 11 is 1.47. The standard InChI is InChI=1S/C23H22N4OS/c1-15-19-13-21(29-23(19)26(2)25-15)22(28)24-18-9-7-16(8-10-18)14-27-12-11-17-5-3-4-6-20(17)27/h3-10,13H,11-12,14H2,1-2H3,(H,24,28). The van der Waals surface area contributed by atoms with Gasteiger partial charge in [-0.05, 0) is 48.7 Å². The largest absolute Gasteiger partial charge is 0.367 e. The molecule has 0 aliphatic carbocycles. The van der Waals surface area contributed by atoms with Crippen molar-refractivity contribution in [2.75, 3.05) is 16.8 Å². The Morgan fingerprint density at radius 3 is 2.76 bits per heavy atom. The summed E-state index contributed by atoms with van der Waals surface area (Å²) in [5.74, 6) is -0.0770. The zero-order valence-electron chi connectivity index (χ0n) is 16.5. The highest BCUT2D eigenvalue weighted by Gasteiger charge is 2.18. The van der Waals surface area contributed by atoms with Gasteiger partial charge in [-0.25, -0.2) is 0 Å². The van der Waals surface area contributed by atoms with Gasteiger partial charge in [0.2, 0.25) is 0 Å². The number of fused-ring (bicyclic) bond motifs is 2. The van der Waals surface area contributed by atoms with Crippen molar-refractivity contribution >= 4 is 38.8 Å². The molecule has 0 unspecified atom stereocenters. The fraction of sp³-hybridized carbons (Fsp3) is 0.217. The molecule has 0 fully saturated rings. The molecule has 29 heavy (non-hydrogen) atoms. The number of anilines is 2. The molecule has 1 amide bonds. The monoisotopic (exact) mass is 402 g/mol. The fourth-order valence-corrected chi connectivity index (χ4v) is 5.01. The molecule has 0 radical (unpaired) electrons. The number of hydrogen-bond acceptors (Lipinski definition) is 4. The van der Waals surface area contributed by atoms with Crippen LogP contribution in [-0.4, -0.2) is 22.2 Å². The van der Waals surface area contributed by atoms with Crippen LogP contribution in [0.1, 0.15) is 26.5 Å². The first-order valence-corrected chi connectivity index (χ1v) is 10.6. The minimum Gasteiger partial charge on any atom is -0.367 e. The van der Waals surface area contributed by atoms with Gasteiger partial charge < -0.3 is 10.2 Å². The predicted molar refractivity (Wildman–Crippen MR) is 119 cm³/mol. The lowest BCUT2D eigenvalue weighted by molar-refractivity contribution is 0.103. The minimum absolute atomic E-state index is 0.0770. The molecular formula is C23H22N4OS. The van der Waals surface area contributed by atoms with Crippen LogP contribution in [0.2, 0.25) is 0 Å². The van der Waals surface area contributed by atoms with E-state index in [0.717, 1.165) is 41.1 Å². The van der Waals surface area contributed by atoms with Crippen LogP contribution in [0.3, 0.4) is 0 Å². The van der Waals surface area contributed by atoms with Gasteiger partial charge in [-0.3, -0.25) is 9.48 Å². The van der Waals surface area contributed by atoms with Gasteiger partial charge in [0.05, 0.1) is 10.6 Å². The summed E-state index contributed by atoms with van der Waals surface area (Å²) in [4.78, 5) is 16.8. The number of rotatable bonds is 4. The smallest absolute Gasteiger partial charge is 0.265 e. The molecule has 0 atom stereocenters. The SMILES string of the molecule is Cc1nn(C)c2sc(C(=O)Nc3ccc(CN4CCc5ccccc54)cc3)cc12. The lowest BCUT2D eigenvalue weighted by Gasteiger charge is -2.19. The molecule has 0 saturated carbocycles. The quantitative estimate of drug-likeness (QED) is 0.535. The molecule has 2 aromatic heterocycles. The van der Waals surface area contributed by atoms with Crippen LogP contribution in [0.25, 0.3) is 10.2 Å². The number of nitrogens with zero attached hydrogens (tertiary/aromatic N) is 3. The van der Waals surface area contributed by atoms with Gasteiger partial charge in [-0.2, -0.15) is 5.10 Å². The van der Waals surface area contributed by atoms with Crippen LogP contribution in [0, 0.1) is 6.92 Å². The first-order valence-electron chi connectivity index (χ1n) is 9.75. The van der Waals surface area contributed by atoms with E-state index < -0.39 is 0 Å². The summed E-state index contributed by atoms with van der Waals surface area (Å²) in [6, 6.07) is 18.7. The Kier molecular flexibility index (Phi) is 4.36. The van der Waals surface area contributed by atoms with Crippen molar-refractivity contribution in [2.45, 2.75) is 19.9 Å². The van der Waals surface area contributed by atoms with E-state index in [1.54, 1.807) is 0 Å². The number of aromatic nitrogens is 2. The van der Waals surface area contributed by atoms with Gasteiger partial charge in [-0.1, -0.05) is 30.3 Å². The molecule has 146 valence electrons. The van der Waals surface area contributed by atoms with Crippen LogP contribution >= 0.6 is 11.3 Å². The van der Waals surface area contributed by atoms with Crippen molar-refractivity contribution in [1.82, 2.24) is 9.78 Å². The third-order valence-electron chi connectivity index (χ3n) is 5.49. The maximum atomic E-state index is 12.7. The van der Waals surface area contributed by atoms with Gasteiger partial charge in [0.15, 0.2) is 0 Å². The molecule has 1 aliphatic rings. The Hall–Kier alpha value is -3.12. The Labute approximate surface area is 173 Å². The number of nitrogens with one attached hydrogen (secondary N) is 1. The van der Waals surface area contributed by atoms with Crippen molar-refractivity contribution in [3.8, 4) is 0 Å². The van der Waals surface area contributed by atoms with E-state index >= 15 is 0 Å². The van der Waals surface area contributed by atoms with E-state index in [1.807, 2.05) is 36.9 Å². The highest BCUT2D eigenvalue weighted by Crippen LogP contribution is 2.30. The highest BCUT2D eigenvalue weighted by atomic mass is 32.1. The molecular weight excluding hydrogens is 380 g/mol.